The van der Waals surface area contributed by atoms with Gasteiger partial charge in [0.1, 0.15) is 0 Å². The third-order valence-corrected chi connectivity index (χ3v) is 3.33. The molecule has 0 aliphatic rings. The number of rotatable bonds is 1. The Kier molecular flexibility index (Phi) is 3.26. The third kappa shape index (κ3) is 2.08. The van der Waals surface area contributed by atoms with E-state index in [2.05, 4.69) is 5.14 Å². The molecule has 0 heterocycles. The molecule has 3 nitrogen and oxygen atoms in total. The van der Waals surface area contributed by atoms with Gasteiger partial charge in [-0.3, -0.25) is 0 Å². The van der Waals surface area contributed by atoms with Crippen LogP contribution in [-0.2, 0) is 10.0 Å². The summed E-state index contributed by atoms with van der Waals surface area (Å²) in [6.45, 7) is 0. The monoisotopic (exact) mass is 355 g/mol. The Morgan fingerprint density at radius 2 is 1.27 bits per heavy atom. The van der Waals surface area contributed by atoms with E-state index >= 15 is 0 Å². The SMILES string of the molecule is NS(=O)(=O)c1c(F)c(F)c(I)c(F)c1F. The van der Waals surface area contributed by atoms with Gasteiger partial charge in [0.15, 0.2) is 28.2 Å². The molecule has 0 saturated carbocycles. The van der Waals surface area contributed by atoms with Crippen molar-refractivity contribution in [3.8, 4) is 0 Å². The van der Waals surface area contributed by atoms with Gasteiger partial charge >= 0.3 is 0 Å². The lowest BCUT2D eigenvalue weighted by Gasteiger charge is -2.06. The van der Waals surface area contributed by atoms with Crippen LogP contribution in [-0.4, -0.2) is 8.42 Å². The van der Waals surface area contributed by atoms with Gasteiger partial charge in [0.25, 0.3) is 0 Å². The fourth-order valence-electron chi connectivity index (χ4n) is 0.835. The van der Waals surface area contributed by atoms with E-state index in [4.69, 9.17) is 0 Å². The van der Waals surface area contributed by atoms with Crippen molar-refractivity contribution in [3.63, 3.8) is 0 Å². The van der Waals surface area contributed by atoms with E-state index in [1.807, 2.05) is 0 Å². The van der Waals surface area contributed by atoms with Crippen LogP contribution in [0.3, 0.4) is 0 Å². The normalized spacial score (nSPS) is 11.9. The summed E-state index contributed by atoms with van der Waals surface area (Å²) in [4.78, 5) is -1.81. The second-order valence-corrected chi connectivity index (χ2v) is 5.02. The lowest BCUT2D eigenvalue weighted by Crippen LogP contribution is -2.19. The van der Waals surface area contributed by atoms with Gasteiger partial charge in [-0.1, -0.05) is 0 Å². The molecular weight excluding hydrogens is 353 g/mol. The van der Waals surface area contributed by atoms with Crippen LogP contribution in [0.2, 0.25) is 0 Å². The Morgan fingerprint density at radius 1 is 0.933 bits per heavy atom. The molecule has 1 rings (SSSR count). The van der Waals surface area contributed by atoms with Crippen molar-refractivity contribution in [2.75, 3.05) is 0 Å². The summed E-state index contributed by atoms with van der Waals surface area (Å²) < 4.78 is 71.9. The van der Waals surface area contributed by atoms with Gasteiger partial charge in [0, 0.05) is 0 Å². The highest BCUT2D eigenvalue weighted by Crippen LogP contribution is 2.27. The number of benzene rings is 1. The quantitative estimate of drug-likeness (QED) is 0.359. The summed E-state index contributed by atoms with van der Waals surface area (Å²) in [5.41, 5.74) is 0. The van der Waals surface area contributed by atoms with Crippen molar-refractivity contribution in [2.45, 2.75) is 4.90 Å². The number of hydrogen-bond acceptors (Lipinski definition) is 2. The first kappa shape index (κ1) is 12.6. The summed E-state index contributed by atoms with van der Waals surface area (Å²) in [5, 5.41) is 4.40. The maximum atomic E-state index is 13.0. The molecule has 0 spiro atoms. The molecule has 0 bridgehead atoms. The molecule has 0 unspecified atom stereocenters. The summed E-state index contributed by atoms with van der Waals surface area (Å²) in [7, 11) is -4.86. The zero-order valence-electron chi connectivity index (χ0n) is 6.69. The van der Waals surface area contributed by atoms with Gasteiger partial charge in [-0.2, -0.15) is 0 Å². The van der Waals surface area contributed by atoms with Crippen molar-refractivity contribution < 1.29 is 26.0 Å². The number of sulfonamides is 1. The molecule has 0 aliphatic heterocycles. The van der Waals surface area contributed by atoms with Crippen LogP contribution in [0.1, 0.15) is 0 Å². The Labute approximate surface area is 95.5 Å². The van der Waals surface area contributed by atoms with Crippen LogP contribution >= 0.6 is 22.6 Å². The summed E-state index contributed by atoms with van der Waals surface area (Å²) in [5.74, 6) is -7.64. The van der Waals surface area contributed by atoms with Gasteiger partial charge in [0.05, 0.1) is 3.57 Å². The largest absolute Gasteiger partial charge is 0.244 e. The summed E-state index contributed by atoms with van der Waals surface area (Å²) in [6, 6.07) is 0. The molecule has 0 aliphatic carbocycles. The molecule has 0 fully saturated rings. The van der Waals surface area contributed by atoms with Gasteiger partial charge < -0.3 is 0 Å². The number of halogens is 5. The zero-order valence-corrected chi connectivity index (χ0v) is 9.67. The highest BCUT2D eigenvalue weighted by molar-refractivity contribution is 14.1. The van der Waals surface area contributed by atoms with Crippen molar-refractivity contribution >= 4 is 32.6 Å². The van der Waals surface area contributed by atoms with Crippen LogP contribution in [0.25, 0.3) is 0 Å². The van der Waals surface area contributed by atoms with Gasteiger partial charge in [-0.25, -0.2) is 31.1 Å². The molecular formula is C6H2F4INO2S. The Morgan fingerprint density at radius 3 is 1.53 bits per heavy atom. The summed E-state index contributed by atoms with van der Waals surface area (Å²) in [6.07, 6.45) is 0. The van der Waals surface area contributed by atoms with Crippen LogP contribution < -0.4 is 5.14 Å². The fourth-order valence-corrected chi connectivity index (χ4v) is 1.99. The van der Waals surface area contributed by atoms with Crippen molar-refractivity contribution in [3.05, 3.63) is 26.8 Å². The van der Waals surface area contributed by atoms with Crippen molar-refractivity contribution in [1.29, 1.82) is 0 Å². The number of primary sulfonamides is 1. The lowest BCUT2D eigenvalue weighted by molar-refractivity contribution is 0.412. The van der Waals surface area contributed by atoms with Gasteiger partial charge in [-0.15, -0.1) is 0 Å². The average molecular weight is 355 g/mol. The molecule has 9 heteroatoms. The van der Waals surface area contributed by atoms with Gasteiger partial charge in [0.2, 0.25) is 10.0 Å². The van der Waals surface area contributed by atoms with E-state index in [0.717, 1.165) is 22.6 Å². The first-order valence-corrected chi connectivity index (χ1v) is 5.84. The predicted octanol–water partition coefficient (Wildman–Crippen LogP) is 1.50. The number of hydrogen-bond donors (Lipinski definition) is 1. The van der Waals surface area contributed by atoms with E-state index in [-0.39, 0.29) is 0 Å². The van der Waals surface area contributed by atoms with E-state index in [1.165, 1.54) is 0 Å². The molecule has 0 atom stereocenters. The van der Waals surface area contributed by atoms with Crippen molar-refractivity contribution in [1.82, 2.24) is 0 Å². The van der Waals surface area contributed by atoms with Gasteiger partial charge in [-0.05, 0) is 22.6 Å². The zero-order chi connectivity index (χ0) is 12.0. The molecule has 0 radical (unpaired) electrons. The van der Waals surface area contributed by atoms with Crippen molar-refractivity contribution in [2.24, 2.45) is 5.14 Å². The second kappa shape index (κ2) is 3.87. The molecule has 0 aromatic heterocycles. The topological polar surface area (TPSA) is 60.2 Å². The number of nitrogens with two attached hydrogens (primary N) is 1. The molecule has 1 aromatic rings. The molecule has 1 aromatic carbocycles. The molecule has 2 N–H and O–H groups in total. The van der Waals surface area contributed by atoms with E-state index in [9.17, 15) is 26.0 Å². The average Bonchev–Trinajstić information content (AvgIpc) is 2.09. The summed E-state index contributed by atoms with van der Waals surface area (Å²) >= 11 is 0.999. The minimum atomic E-state index is -4.86. The predicted molar refractivity (Wildman–Crippen MR) is 50.4 cm³/mol. The molecule has 84 valence electrons. The maximum absolute atomic E-state index is 13.0. The van der Waals surface area contributed by atoms with E-state index in [1.54, 1.807) is 0 Å². The Bertz CT molecular complexity index is 501. The first-order chi connectivity index (χ1) is 6.68. The van der Waals surface area contributed by atoms with Crippen LogP contribution in [0.5, 0.6) is 0 Å². The third-order valence-electron chi connectivity index (χ3n) is 1.45. The Hall–Kier alpha value is -0.420. The fraction of sp³-hybridized carbons (Fsp3) is 0. The Balaban J connectivity index is 3.84. The second-order valence-electron chi connectivity index (χ2n) is 2.44. The molecule has 0 amide bonds. The van der Waals surface area contributed by atoms with E-state index in [0.29, 0.717) is 0 Å². The lowest BCUT2D eigenvalue weighted by atomic mass is 10.3. The highest BCUT2D eigenvalue weighted by atomic mass is 127. The minimum Gasteiger partial charge on any atom is -0.224 e. The van der Waals surface area contributed by atoms with E-state index < -0.39 is 41.8 Å². The van der Waals surface area contributed by atoms with Crippen LogP contribution in [0.4, 0.5) is 17.6 Å². The maximum Gasteiger partial charge on any atom is 0.244 e. The standard InChI is InChI=1S/C6H2F4INO2S/c7-1-3(9)6(15(12,13)14)4(10)2(8)5(1)11/h(H2,12,13,14). The van der Waals surface area contributed by atoms with Crippen LogP contribution in [0, 0.1) is 26.8 Å². The first-order valence-electron chi connectivity index (χ1n) is 3.22. The minimum absolute atomic E-state index is 0.977. The smallest absolute Gasteiger partial charge is 0.224 e. The van der Waals surface area contributed by atoms with Crippen LogP contribution in [0.15, 0.2) is 4.90 Å². The highest BCUT2D eigenvalue weighted by Gasteiger charge is 2.30. The molecule has 0 saturated heterocycles. The molecule has 15 heavy (non-hydrogen) atoms.